The van der Waals surface area contributed by atoms with Crippen molar-refractivity contribution in [2.75, 3.05) is 31.6 Å². The Morgan fingerprint density at radius 2 is 2.06 bits per heavy atom. The topological polar surface area (TPSA) is 106 Å². The van der Waals surface area contributed by atoms with E-state index < -0.39 is 0 Å². The fraction of sp³-hybridized carbons (Fsp3) is 0.333. The molecule has 1 N–H and O–H groups in total. The highest BCUT2D eigenvalue weighted by atomic mass is 16.5. The van der Waals surface area contributed by atoms with E-state index in [2.05, 4.69) is 15.5 Å². The minimum atomic E-state index is -0.299. The molecule has 1 aromatic carbocycles. The second-order valence-corrected chi connectivity index (χ2v) is 7.00. The molecule has 0 atom stereocenters. The van der Waals surface area contributed by atoms with E-state index in [9.17, 15) is 9.59 Å². The number of hydrogen-bond donors (Lipinski definition) is 1. The predicted molar refractivity (Wildman–Crippen MR) is 113 cm³/mol. The van der Waals surface area contributed by atoms with Gasteiger partial charge in [-0.2, -0.15) is 4.98 Å². The molecule has 1 aliphatic heterocycles. The molecule has 10 nitrogen and oxygen atoms in total. The van der Waals surface area contributed by atoms with Crippen molar-refractivity contribution in [1.29, 1.82) is 0 Å². The first-order chi connectivity index (χ1) is 15.1. The van der Waals surface area contributed by atoms with Crippen molar-refractivity contribution >= 4 is 17.6 Å². The van der Waals surface area contributed by atoms with Gasteiger partial charge in [0.25, 0.3) is 0 Å². The highest BCUT2D eigenvalue weighted by Gasteiger charge is 2.32. The third kappa shape index (κ3) is 4.23. The number of benzene rings is 1. The molecule has 0 bridgehead atoms. The smallest absolute Gasteiger partial charge is 0.325 e. The monoisotopic (exact) mass is 424 g/mol. The van der Waals surface area contributed by atoms with Crippen LogP contribution in [0, 0.1) is 0 Å². The molecule has 3 aromatic rings. The molecule has 0 spiro atoms. The quantitative estimate of drug-likeness (QED) is 0.594. The Morgan fingerprint density at radius 3 is 2.87 bits per heavy atom. The van der Waals surface area contributed by atoms with Crippen molar-refractivity contribution < 1.29 is 18.8 Å². The number of anilines is 1. The SMILES string of the molecule is CCn1cccc1-c1noc(CNC(=O)CN2CCN(c3ccccc3OC)C2=O)n1. The summed E-state index contributed by atoms with van der Waals surface area (Å²) in [4.78, 5) is 32.6. The number of methoxy groups -OCH3 is 1. The minimum absolute atomic E-state index is 0.0514. The fourth-order valence-corrected chi connectivity index (χ4v) is 3.53. The van der Waals surface area contributed by atoms with Crippen molar-refractivity contribution in [2.45, 2.75) is 20.0 Å². The number of carbonyl (C=O) groups excluding carboxylic acids is 2. The number of aromatic nitrogens is 3. The summed E-state index contributed by atoms with van der Waals surface area (Å²) in [5, 5.41) is 6.71. The van der Waals surface area contributed by atoms with Crippen LogP contribution >= 0.6 is 0 Å². The van der Waals surface area contributed by atoms with Gasteiger partial charge in [-0.3, -0.25) is 9.69 Å². The number of rotatable bonds is 8. The summed E-state index contributed by atoms with van der Waals surface area (Å²) in [5.41, 5.74) is 1.54. The molecule has 3 heterocycles. The second-order valence-electron chi connectivity index (χ2n) is 7.00. The molecule has 0 radical (unpaired) electrons. The Labute approximate surface area is 179 Å². The van der Waals surface area contributed by atoms with Crippen LogP contribution in [0.4, 0.5) is 10.5 Å². The van der Waals surface area contributed by atoms with Crippen LogP contribution in [-0.4, -0.2) is 58.3 Å². The average molecular weight is 424 g/mol. The molecule has 0 saturated carbocycles. The van der Waals surface area contributed by atoms with Gasteiger partial charge in [0.1, 0.15) is 12.3 Å². The van der Waals surface area contributed by atoms with Gasteiger partial charge in [-0.05, 0) is 31.2 Å². The molecule has 1 fully saturated rings. The number of carbonyl (C=O) groups is 2. The van der Waals surface area contributed by atoms with Crippen LogP contribution in [0.5, 0.6) is 5.75 Å². The number of hydrogen-bond acceptors (Lipinski definition) is 6. The van der Waals surface area contributed by atoms with Crippen LogP contribution in [0.2, 0.25) is 0 Å². The summed E-state index contributed by atoms with van der Waals surface area (Å²) in [6.07, 6.45) is 1.94. The lowest BCUT2D eigenvalue weighted by molar-refractivity contribution is -0.121. The van der Waals surface area contributed by atoms with Gasteiger partial charge in [-0.25, -0.2) is 4.79 Å². The molecule has 0 aliphatic carbocycles. The molecule has 10 heteroatoms. The maximum atomic E-state index is 12.8. The van der Waals surface area contributed by atoms with E-state index >= 15 is 0 Å². The maximum absolute atomic E-state index is 12.8. The van der Waals surface area contributed by atoms with Crippen molar-refractivity contribution in [3.63, 3.8) is 0 Å². The molecule has 1 aliphatic rings. The van der Waals surface area contributed by atoms with Crippen LogP contribution in [0.3, 0.4) is 0 Å². The van der Waals surface area contributed by atoms with Crippen LogP contribution in [0.25, 0.3) is 11.5 Å². The predicted octanol–water partition coefficient (Wildman–Crippen LogP) is 2.12. The standard InChI is InChI=1S/C21H24N6O4/c1-3-25-10-6-8-16(25)20-23-19(31-24-20)13-22-18(28)14-26-11-12-27(21(26)29)15-7-4-5-9-17(15)30-2/h4-10H,3,11-14H2,1-2H3,(H,22,28). The summed E-state index contributed by atoms with van der Waals surface area (Å²) >= 11 is 0. The molecule has 2 aromatic heterocycles. The molecule has 3 amide bonds. The first kappa shape index (κ1) is 20.5. The molecular formula is C21H24N6O4. The number of nitrogens with zero attached hydrogens (tertiary/aromatic N) is 5. The number of ether oxygens (including phenoxy) is 1. The van der Waals surface area contributed by atoms with Crippen LogP contribution in [0.1, 0.15) is 12.8 Å². The van der Waals surface area contributed by atoms with E-state index in [-0.39, 0.29) is 25.0 Å². The Hall–Kier alpha value is -3.82. The van der Waals surface area contributed by atoms with Crippen molar-refractivity contribution in [2.24, 2.45) is 0 Å². The van der Waals surface area contributed by atoms with E-state index in [1.807, 2.05) is 48.0 Å². The number of urea groups is 1. The Balaban J connectivity index is 1.32. The van der Waals surface area contributed by atoms with Gasteiger partial charge in [0.2, 0.25) is 17.6 Å². The molecular weight excluding hydrogens is 400 g/mol. The van der Waals surface area contributed by atoms with Gasteiger partial charge in [0.05, 0.1) is 25.0 Å². The zero-order valence-electron chi connectivity index (χ0n) is 17.4. The van der Waals surface area contributed by atoms with Crippen molar-refractivity contribution in [3.8, 4) is 17.3 Å². The summed E-state index contributed by atoms with van der Waals surface area (Å²) in [6, 6.07) is 10.9. The lowest BCUT2D eigenvalue weighted by atomic mass is 10.2. The van der Waals surface area contributed by atoms with E-state index in [4.69, 9.17) is 9.26 Å². The van der Waals surface area contributed by atoms with Crippen LogP contribution < -0.4 is 15.0 Å². The Kier molecular flexibility index (Phi) is 5.87. The molecule has 1 saturated heterocycles. The van der Waals surface area contributed by atoms with Gasteiger partial charge >= 0.3 is 6.03 Å². The number of aryl methyl sites for hydroxylation is 1. The highest BCUT2D eigenvalue weighted by Crippen LogP contribution is 2.30. The third-order valence-corrected chi connectivity index (χ3v) is 5.11. The zero-order chi connectivity index (χ0) is 21.8. The maximum Gasteiger partial charge on any atom is 0.325 e. The third-order valence-electron chi connectivity index (χ3n) is 5.11. The van der Waals surface area contributed by atoms with Gasteiger partial charge < -0.3 is 24.0 Å². The Morgan fingerprint density at radius 1 is 1.23 bits per heavy atom. The van der Waals surface area contributed by atoms with E-state index in [1.54, 1.807) is 18.1 Å². The van der Waals surface area contributed by atoms with Crippen LogP contribution in [0.15, 0.2) is 47.1 Å². The molecule has 0 unspecified atom stereocenters. The normalized spacial score (nSPS) is 13.7. The number of para-hydroxylation sites is 2. The highest BCUT2D eigenvalue weighted by molar-refractivity contribution is 5.97. The first-order valence-corrected chi connectivity index (χ1v) is 10.0. The van der Waals surface area contributed by atoms with Gasteiger partial charge in [-0.15, -0.1) is 0 Å². The van der Waals surface area contributed by atoms with E-state index in [0.717, 1.165) is 12.2 Å². The van der Waals surface area contributed by atoms with Crippen molar-refractivity contribution in [3.05, 3.63) is 48.5 Å². The summed E-state index contributed by atoms with van der Waals surface area (Å²) in [5.74, 6) is 1.09. The van der Waals surface area contributed by atoms with Gasteiger partial charge in [0, 0.05) is 25.8 Å². The summed E-state index contributed by atoms with van der Waals surface area (Å²) in [7, 11) is 1.56. The molecule has 162 valence electrons. The first-order valence-electron chi connectivity index (χ1n) is 10.0. The van der Waals surface area contributed by atoms with Crippen molar-refractivity contribution in [1.82, 2.24) is 24.9 Å². The average Bonchev–Trinajstić information content (AvgIpc) is 3.52. The lowest BCUT2D eigenvalue weighted by Gasteiger charge is -2.20. The van der Waals surface area contributed by atoms with E-state index in [0.29, 0.717) is 36.2 Å². The minimum Gasteiger partial charge on any atom is -0.495 e. The van der Waals surface area contributed by atoms with Gasteiger partial charge in [-0.1, -0.05) is 17.3 Å². The van der Waals surface area contributed by atoms with Gasteiger partial charge in [0.15, 0.2) is 0 Å². The molecule has 4 rings (SSSR count). The number of amides is 3. The van der Waals surface area contributed by atoms with E-state index in [1.165, 1.54) is 4.90 Å². The summed E-state index contributed by atoms with van der Waals surface area (Å²) in [6.45, 7) is 3.79. The zero-order valence-corrected chi connectivity index (χ0v) is 17.4. The van der Waals surface area contributed by atoms with Crippen LogP contribution in [-0.2, 0) is 17.9 Å². The Bertz CT molecular complexity index is 1080. The summed E-state index contributed by atoms with van der Waals surface area (Å²) < 4.78 is 12.6. The largest absolute Gasteiger partial charge is 0.495 e. The molecule has 31 heavy (non-hydrogen) atoms. The number of nitrogens with one attached hydrogen (secondary N) is 1. The fourth-order valence-electron chi connectivity index (χ4n) is 3.53. The second kappa shape index (κ2) is 8.90. The lowest BCUT2D eigenvalue weighted by Crippen LogP contribution is -2.39.